The predicted molar refractivity (Wildman–Crippen MR) is 94.0 cm³/mol. The van der Waals surface area contributed by atoms with Crippen LogP contribution in [0.5, 0.6) is 0 Å². The van der Waals surface area contributed by atoms with Gasteiger partial charge in [0.25, 0.3) is 0 Å². The second kappa shape index (κ2) is 8.76. The Morgan fingerprint density at radius 3 is 2.68 bits per heavy atom. The number of nitrogens with zero attached hydrogens (tertiary/aromatic N) is 1. The molecule has 1 saturated carbocycles. The van der Waals surface area contributed by atoms with Gasteiger partial charge < -0.3 is 10.2 Å². The molecular formula is C17H24Cl2N2O. The summed E-state index contributed by atoms with van der Waals surface area (Å²) >= 11 is 12.2. The molecular weight excluding hydrogens is 319 g/mol. The van der Waals surface area contributed by atoms with Crippen LogP contribution in [-0.2, 0) is 4.79 Å². The number of para-hydroxylation sites is 1. The third-order valence-electron chi connectivity index (χ3n) is 4.31. The molecule has 1 aliphatic rings. The molecule has 0 bridgehead atoms. The number of rotatable bonds is 5. The lowest BCUT2D eigenvalue weighted by molar-refractivity contribution is -0.118. The highest BCUT2D eigenvalue weighted by Gasteiger charge is 2.33. The molecule has 0 heterocycles. The molecule has 0 aromatic heterocycles. The van der Waals surface area contributed by atoms with E-state index in [-0.39, 0.29) is 23.4 Å². The van der Waals surface area contributed by atoms with Crippen molar-refractivity contribution in [3.05, 3.63) is 30.3 Å². The van der Waals surface area contributed by atoms with Crippen molar-refractivity contribution in [3.63, 3.8) is 0 Å². The average molecular weight is 343 g/mol. The summed E-state index contributed by atoms with van der Waals surface area (Å²) in [5.74, 6) is 0.427. The van der Waals surface area contributed by atoms with Gasteiger partial charge in [0.1, 0.15) is 0 Å². The van der Waals surface area contributed by atoms with Gasteiger partial charge in [-0.1, -0.05) is 18.2 Å². The van der Waals surface area contributed by atoms with Gasteiger partial charge in [-0.05, 0) is 44.9 Å². The summed E-state index contributed by atoms with van der Waals surface area (Å²) in [4.78, 5) is 14.6. The molecule has 0 radical (unpaired) electrons. The van der Waals surface area contributed by atoms with E-state index in [9.17, 15) is 4.79 Å². The maximum Gasteiger partial charge on any atom is 0.228 e. The number of carbonyl (C=O) groups excluding carboxylic acids is 1. The number of amides is 1. The number of hydrogen-bond acceptors (Lipinski definition) is 2. The van der Waals surface area contributed by atoms with E-state index in [2.05, 4.69) is 5.32 Å². The van der Waals surface area contributed by atoms with Crippen molar-refractivity contribution in [2.24, 2.45) is 0 Å². The van der Waals surface area contributed by atoms with E-state index in [1.165, 1.54) is 0 Å². The average Bonchev–Trinajstić information content (AvgIpc) is 2.70. The van der Waals surface area contributed by atoms with Crippen LogP contribution in [0.4, 0.5) is 5.69 Å². The van der Waals surface area contributed by atoms with Gasteiger partial charge in [-0.15, -0.1) is 23.2 Å². The zero-order valence-electron chi connectivity index (χ0n) is 13.0. The molecule has 3 nitrogen and oxygen atoms in total. The van der Waals surface area contributed by atoms with E-state index in [1.54, 1.807) is 0 Å². The van der Waals surface area contributed by atoms with Crippen LogP contribution in [0.2, 0.25) is 0 Å². The van der Waals surface area contributed by atoms with Crippen molar-refractivity contribution in [1.29, 1.82) is 0 Å². The van der Waals surface area contributed by atoms with Crippen LogP contribution in [0.3, 0.4) is 0 Å². The van der Waals surface area contributed by atoms with Gasteiger partial charge in [-0.25, -0.2) is 0 Å². The number of benzene rings is 1. The zero-order valence-corrected chi connectivity index (χ0v) is 14.5. The van der Waals surface area contributed by atoms with Crippen molar-refractivity contribution >= 4 is 34.8 Å². The quantitative estimate of drug-likeness (QED) is 0.652. The van der Waals surface area contributed by atoms with E-state index in [0.717, 1.165) is 31.4 Å². The Morgan fingerprint density at radius 1 is 1.32 bits per heavy atom. The number of carbonyl (C=O) groups is 1. The third kappa shape index (κ3) is 4.37. The van der Waals surface area contributed by atoms with Crippen LogP contribution in [-0.4, -0.2) is 36.3 Å². The molecule has 122 valence electrons. The number of anilines is 1. The van der Waals surface area contributed by atoms with Gasteiger partial charge in [-0.3, -0.25) is 4.79 Å². The fraction of sp³-hybridized carbons (Fsp3) is 0.588. The highest BCUT2D eigenvalue weighted by atomic mass is 35.5. The lowest BCUT2D eigenvalue weighted by atomic mass is 10.00. The minimum atomic E-state index is 0.0828. The van der Waals surface area contributed by atoms with Crippen LogP contribution in [0.1, 0.15) is 32.1 Å². The first-order valence-electron chi connectivity index (χ1n) is 7.91. The first-order valence-corrected chi connectivity index (χ1v) is 8.89. The Labute approximate surface area is 143 Å². The van der Waals surface area contributed by atoms with Crippen LogP contribution in [0, 0.1) is 0 Å². The van der Waals surface area contributed by atoms with Gasteiger partial charge in [-0.2, -0.15) is 0 Å². The number of nitrogens with one attached hydrogen (secondary N) is 1. The predicted octanol–water partition coefficient (Wildman–Crippen LogP) is 3.79. The topological polar surface area (TPSA) is 32.3 Å². The summed E-state index contributed by atoms with van der Waals surface area (Å²) in [6.45, 7) is 0. The molecule has 1 fully saturated rings. The second-order valence-electron chi connectivity index (χ2n) is 5.76. The summed E-state index contributed by atoms with van der Waals surface area (Å²) in [5.41, 5.74) is 0.941. The van der Waals surface area contributed by atoms with Gasteiger partial charge in [0.15, 0.2) is 0 Å². The molecule has 1 aliphatic carbocycles. The van der Waals surface area contributed by atoms with E-state index in [0.29, 0.717) is 12.3 Å². The highest BCUT2D eigenvalue weighted by Crippen LogP contribution is 2.29. The molecule has 1 N–H and O–H groups in total. The lowest BCUT2D eigenvalue weighted by Crippen LogP contribution is -2.52. The van der Waals surface area contributed by atoms with E-state index in [4.69, 9.17) is 23.2 Å². The van der Waals surface area contributed by atoms with Crippen LogP contribution >= 0.6 is 23.2 Å². The van der Waals surface area contributed by atoms with Crippen molar-refractivity contribution in [3.8, 4) is 0 Å². The van der Waals surface area contributed by atoms with Crippen molar-refractivity contribution < 1.29 is 4.79 Å². The van der Waals surface area contributed by atoms with Crippen molar-refractivity contribution in [2.75, 3.05) is 17.8 Å². The fourth-order valence-corrected chi connectivity index (χ4v) is 3.74. The molecule has 0 spiro atoms. The number of likely N-dealkylation sites (N-methyl/N-ethyl adjacent to an activating group) is 1. The first kappa shape index (κ1) is 17.6. The fourth-order valence-electron chi connectivity index (χ4n) is 3.23. The smallest absolute Gasteiger partial charge is 0.228 e. The Balaban J connectivity index is 2.31. The Morgan fingerprint density at radius 2 is 2.05 bits per heavy atom. The van der Waals surface area contributed by atoms with Gasteiger partial charge in [0.2, 0.25) is 5.91 Å². The summed E-state index contributed by atoms with van der Waals surface area (Å²) in [5, 5.41) is 3.53. The van der Waals surface area contributed by atoms with Crippen molar-refractivity contribution in [1.82, 2.24) is 5.32 Å². The molecule has 1 aromatic carbocycles. The third-order valence-corrected chi connectivity index (χ3v) is 4.89. The van der Waals surface area contributed by atoms with Crippen molar-refractivity contribution in [2.45, 2.75) is 49.6 Å². The molecule has 1 aromatic rings. The zero-order chi connectivity index (χ0) is 15.9. The summed E-state index contributed by atoms with van der Waals surface area (Å²) in [6, 6.07) is 10.2. The minimum absolute atomic E-state index is 0.0828. The van der Waals surface area contributed by atoms with Crippen LogP contribution in [0.25, 0.3) is 0 Å². The number of hydrogen-bond donors (Lipinski definition) is 1. The second-order valence-corrected chi connectivity index (χ2v) is 6.76. The maximum atomic E-state index is 12.7. The van der Waals surface area contributed by atoms with Gasteiger partial charge in [0.05, 0.1) is 6.04 Å². The van der Waals surface area contributed by atoms with E-state index >= 15 is 0 Å². The molecule has 2 rings (SSSR count). The SMILES string of the molecule is CNC1CC(Cl)CCCC1N(C(=O)CCCl)c1ccccc1. The summed E-state index contributed by atoms with van der Waals surface area (Å²) in [6.07, 6.45) is 4.22. The summed E-state index contributed by atoms with van der Waals surface area (Å²) < 4.78 is 0. The molecule has 1 amide bonds. The largest absolute Gasteiger partial charge is 0.315 e. The molecule has 3 atom stereocenters. The Bertz CT molecular complexity index is 469. The maximum absolute atomic E-state index is 12.7. The Hall–Kier alpha value is -0.770. The Kier molecular flexibility index (Phi) is 7.00. The number of alkyl halides is 2. The first-order chi connectivity index (χ1) is 10.7. The molecule has 22 heavy (non-hydrogen) atoms. The van der Waals surface area contributed by atoms with Crippen LogP contribution < -0.4 is 10.2 Å². The van der Waals surface area contributed by atoms with Crippen LogP contribution in [0.15, 0.2) is 30.3 Å². The monoisotopic (exact) mass is 342 g/mol. The summed E-state index contributed by atoms with van der Waals surface area (Å²) in [7, 11) is 1.95. The number of halogens is 2. The molecule has 3 unspecified atom stereocenters. The highest BCUT2D eigenvalue weighted by molar-refractivity contribution is 6.20. The molecule has 0 aliphatic heterocycles. The lowest BCUT2D eigenvalue weighted by Gasteiger charge is -2.36. The minimum Gasteiger partial charge on any atom is -0.315 e. The normalized spacial score (nSPS) is 25.5. The van der Waals surface area contributed by atoms with Gasteiger partial charge >= 0.3 is 0 Å². The molecule has 0 saturated heterocycles. The van der Waals surface area contributed by atoms with E-state index < -0.39 is 0 Å². The van der Waals surface area contributed by atoms with E-state index in [1.807, 2.05) is 42.3 Å². The standard InChI is InChI=1S/C17H24Cl2N2O/c1-20-15-12-13(19)6-5-9-16(15)21(17(22)10-11-18)14-7-3-2-4-8-14/h2-4,7-8,13,15-16,20H,5-6,9-12H2,1H3. The molecule has 5 heteroatoms. The van der Waals surface area contributed by atoms with Gasteiger partial charge in [0, 0.05) is 29.4 Å².